The lowest BCUT2D eigenvalue weighted by atomic mass is 10.0. The second kappa shape index (κ2) is 7.23. The van der Waals surface area contributed by atoms with Gasteiger partial charge in [-0.05, 0) is 49.7 Å². The highest BCUT2D eigenvalue weighted by Gasteiger charge is 2.15. The Bertz CT molecular complexity index is 808. The molecule has 3 N–H and O–H groups in total. The van der Waals surface area contributed by atoms with E-state index in [1.807, 2.05) is 6.07 Å². The Morgan fingerprint density at radius 2 is 2.25 bits per heavy atom. The molecule has 1 unspecified atom stereocenters. The van der Waals surface area contributed by atoms with Crippen LogP contribution < -0.4 is 5.73 Å². The Labute approximate surface area is 139 Å². The van der Waals surface area contributed by atoms with Crippen molar-refractivity contribution < 1.29 is 14.6 Å². The van der Waals surface area contributed by atoms with E-state index < -0.39 is 5.97 Å². The molecule has 6 heteroatoms. The van der Waals surface area contributed by atoms with Crippen LogP contribution in [0.4, 0.5) is 0 Å². The molecule has 1 aromatic heterocycles. The number of benzene rings is 1. The van der Waals surface area contributed by atoms with E-state index in [4.69, 9.17) is 10.5 Å². The fourth-order valence-corrected chi connectivity index (χ4v) is 2.78. The summed E-state index contributed by atoms with van der Waals surface area (Å²) in [6.07, 6.45) is 7.45. The maximum atomic E-state index is 11.4. The fraction of sp³-hybridized carbons (Fsp3) is 0.278. The van der Waals surface area contributed by atoms with Crippen LogP contribution in [0.25, 0.3) is 10.9 Å². The van der Waals surface area contributed by atoms with Gasteiger partial charge < -0.3 is 15.6 Å². The minimum atomic E-state index is -0.983. The van der Waals surface area contributed by atoms with Gasteiger partial charge in [-0.1, -0.05) is 6.07 Å². The molecule has 0 aliphatic carbocycles. The number of allylic oxidation sites excluding steroid dienone is 1. The number of nitrogens with two attached hydrogens (primary N) is 1. The van der Waals surface area contributed by atoms with E-state index in [1.165, 1.54) is 18.5 Å². The third kappa shape index (κ3) is 3.44. The molecule has 6 nitrogen and oxygen atoms in total. The number of ether oxygens (including phenoxy) is 1. The van der Waals surface area contributed by atoms with Gasteiger partial charge in [-0.15, -0.1) is 0 Å². The SMILES string of the molecule is NC=CC(=NC1CCCCO1)c1ccc2nccc(C(=O)O)c2c1. The molecular formula is C18H19N3O3. The highest BCUT2D eigenvalue weighted by atomic mass is 16.5. The van der Waals surface area contributed by atoms with Gasteiger partial charge in [-0.3, -0.25) is 9.98 Å². The number of nitrogens with zero attached hydrogens (tertiary/aromatic N) is 2. The number of carbonyl (C=O) groups is 1. The van der Waals surface area contributed by atoms with Crippen molar-refractivity contribution in [1.29, 1.82) is 0 Å². The number of hydrogen-bond donors (Lipinski definition) is 2. The van der Waals surface area contributed by atoms with Crippen molar-refractivity contribution in [2.45, 2.75) is 25.5 Å². The molecule has 1 atom stereocenters. The molecule has 1 saturated heterocycles. The highest BCUT2D eigenvalue weighted by Crippen LogP contribution is 2.21. The number of fused-ring (bicyclic) bond motifs is 1. The van der Waals surface area contributed by atoms with Gasteiger partial charge in [0.05, 0.1) is 16.8 Å². The smallest absolute Gasteiger partial charge is 0.336 e. The molecule has 0 amide bonds. The van der Waals surface area contributed by atoms with Gasteiger partial charge in [0.1, 0.15) is 6.23 Å². The molecule has 2 aromatic rings. The first kappa shape index (κ1) is 16.1. The first-order chi connectivity index (χ1) is 11.7. The first-order valence-electron chi connectivity index (χ1n) is 7.89. The zero-order valence-electron chi connectivity index (χ0n) is 13.2. The summed E-state index contributed by atoms with van der Waals surface area (Å²) in [6, 6.07) is 6.93. The molecule has 1 fully saturated rings. The topological polar surface area (TPSA) is 97.8 Å². The average Bonchev–Trinajstić information content (AvgIpc) is 2.61. The Hall–Kier alpha value is -2.73. The van der Waals surface area contributed by atoms with Gasteiger partial charge in [0, 0.05) is 23.8 Å². The van der Waals surface area contributed by atoms with Gasteiger partial charge >= 0.3 is 5.97 Å². The number of aromatic nitrogens is 1. The van der Waals surface area contributed by atoms with Gasteiger partial charge in [0.25, 0.3) is 0 Å². The number of carboxylic acid groups (broad SMARTS) is 1. The predicted octanol–water partition coefficient (Wildman–Crippen LogP) is 2.72. The lowest BCUT2D eigenvalue weighted by Gasteiger charge is -2.19. The largest absolute Gasteiger partial charge is 0.478 e. The van der Waals surface area contributed by atoms with Crippen LogP contribution in [0.15, 0.2) is 47.7 Å². The highest BCUT2D eigenvalue weighted by molar-refractivity contribution is 6.12. The minimum absolute atomic E-state index is 0.187. The Balaban J connectivity index is 2.06. The van der Waals surface area contributed by atoms with Gasteiger partial charge in [0.2, 0.25) is 0 Å². The number of aliphatic imine (C=N–C) groups is 1. The van der Waals surface area contributed by atoms with Gasteiger partial charge in [-0.25, -0.2) is 4.79 Å². The normalized spacial score (nSPS) is 19.0. The molecule has 24 heavy (non-hydrogen) atoms. The van der Waals surface area contributed by atoms with Crippen molar-refractivity contribution in [2.24, 2.45) is 10.7 Å². The number of rotatable bonds is 4. The van der Waals surface area contributed by atoms with Crippen molar-refractivity contribution in [3.63, 3.8) is 0 Å². The fourth-order valence-electron chi connectivity index (χ4n) is 2.78. The predicted molar refractivity (Wildman–Crippen MR) is 92.2 cm³/mol. The molecule has 0 bridgehead atoms. The van der Waals surface area contributed by atoms with E-state index in [9.17, 15) is 9.90 Å². The summed E-state index contributed by atoms with van der Waals surface area (Å²) in [7, 11) is 0. The van der Waals surface area contributed by atoms with E-state index in [0.717, 1.165) is 24.8 Å². The van der Waals surface area contributed by atoms with Gasteiger partial charge in [-0.2, -0.15) is 0 Å². The van der Waals surface area contributed by atoms with Crippen LogP contribution in [0.2, 0.25) is 0 Å². The number of hydrogen-bond acceptors (Lipinski definition) is 5. The summed E-state index contributed by atoms with van der Waals surface area (Å²) in [5.41, 5.74) is 7.86. The third-order valence-corrected chi connectivity index (χ3v) is 3.96. The van der Waals surface area contributed by atoms with E-state index in [0.29, 0.717) is 23.2 Å². The molecule has 0 saturated carbocycles. The lowest BCUT2D eigenvalue weighted by molar-refractivity contribution is 0.0224. The van der Waals surface area contributed by atoms with Crippen LogP contribution in [-0.2, 0) is 4.74 Å². The minimum Gasteiger partial charge on any atom is -0.478 e. The van der Waals surface area contributed by atoms with Crippen LogP contribution in [0, 0.1) is 0 Å². The lowest BCUT2D eigenvalue weighted by Crippen LogP contribution is -2.18. The van der Waals surface area contributed by atoms with Crippen LogP contribution >= 0.6 is 0 Å². The van der Waals surface area contributed by atoms with Crippen LogP contribution in [-0.4, -0.2) is 34.6 Å². The van der Waals surface area contributed by atoms with Gasteiger partial charge in [0.15, 0.2) is 0 Å². The van der Waals surface area contributed by atoms with Crippen LogP contribution in [0.3, 0.4) is 0 Å². The quantitative estimate of drug-likeness (QED) is 0.842. The summed E-state index contributed by atoms with van der Waals surface area (Å²) in [4.78, 5) is 20.3. The molecule has 3 rings (SSSR count). The Kier molecular flexibility index (Phi) is 4.86. The van der Waals surface area contributed by atoms with Crippen molar-refractivity contribution in [3.8, 4) is 0 Å². The average molecular weight is 325 g/mol. The molecular weight excluding hydrogens is 306 g/mol. The summed E-state index contributed by atoms with van der Waals surface area (Å²) in [5, 5.41) is 9.94. The van der Waals surface area contributed by atoms with E-state index in [1.54, 1.807) is 18.2 Å². The summed E-state index contributed by atoms with van der Waals surface area (Å²) in [5.74, 6) is -0.983. The third-order valence-electron chi connectivity index (χ3n) is 3.96. The van der Waals surface area contributed by atoms with E-state index in [-0.39, 0.29) is 11.8 Å². The maximum Gasteiger partial charge on any atom is 0.336 e. The first-order valence-corrected chi connectivity index (χ1v) is 7.89. The number of carboxylic acids is 1. The van der Waals surface area contributed by atoms with Crippen LogP contribution in [0.5, 0.6) is 0 Å². The maximum absolute atomic E-state index is 11.4. The summed E-state index contributed by atoms with van der Waals surface area (Å²) < 4.78 is 5.66. The zero-order chi connectivity index (χ0) is 16.9. The van der Waals surface area contributed by atoms with Crippen LogP contribution in [0.1, 0.15) is 35.2 Å². The molecule has 0 radical (unpaired) electrons. The molecule has 1 aliphatic rings. The number of pyridine rings is 1. The van der Waals surface area contributed by atoms with Crippen molar-refractivity contribution in [3.05, 3.63) is 53.9 Å². The van der Waals surface area contributed by atoms with Crippen molar-refractivity contribution in [1.82, 2.24) is 4.98 Å². The second-order valence-electron chi connectivity index (χ2n) is 5.59. The van der Waals surface area contributed by atoms with Crippen molar-refractivity contribution >= 4 is 22.6 Å². The zero-order valence-corrected chi connectivity index (χ0v) is 13.2. The van der Waals surface area contributed by atoms with Crippen molar-refractivity contribution in [2.75, 3.05) is 6.61 Å². The Morgan fingerprint density at radius 1 is 1.38 bits per heavy atom. The standard InChI is InChI=1S/C18H19N3O3/c19-8-6-15(21-17-3-1-2-10-24-17)12-4-5-16-14(11-12)13(18(22)23)7-9-20-16/h4-9,11,17H,1-3,10,19H2,(H,22,23). The number of aromatic carboxylic acids is 1. The molecule has 1 aliphatic heterocycles. The second-order valence-corrected chi connectivity index (χ2v) is 5.59. The molecule has 0 spiro atoms. The Morgan fingerprint density at radius 3 is 2.96 bits per heavy atom. The molecule has 2 heterocycles. The summed E-state index contributed by atoms with van der Waals surface area (Å²) in [6.45, 7) is 0.707. The molecule has 124 valence electrons. The monoisotopic (exact) mass is 325 g/mol. The van der Waals surface area contributed by atoms with E-state index >= 15 is 0 Å². The molecule has 1 aromatic carbocycles. The summed E-state index contributed by atoms with van der Waals surface area (Å²) >= 11 is 0. The van der Waals surface area contributed by atoms with E-state index in [2.05, 4.69) is 9.98 Å².